The number of hydrogen-bond donors (Lipinski definition) is 1. The van der Waals surface area contributed by atoms with Crippen LogP contribution in [0.5, 0.6) is 0 Å². The van der Waals surface area contributed by atoms with Crippen molar-refractivity contribution in [1.82, 2.24) is 5.32 Å². The third-order valence-corrected chi connectivity index (χ3v) is 5.61. The average Bonchev–Trinajstić information content (AvgIpc) is 2.72. The molecule has 0 saturated carbocycles. The Morgan fingerprint density at radius 3 is 2.21 bits per heavy atom. The summed E-state index contributed by atoms with van der Waals surface area (Å²) in [5.41, 5.74) is 0. The molecule has 110 valence electrons. The predicted octanol–water partition coefficient (Wildman–Crippen LogP) is 2.74. The van der Waals surface area contributed by atoms with Crippen LogP contribution in [0.4, 0.5) is 0 Å². The molecule has 0 bridgehead atoms. The van der Waals surface area contributed by atoms with Gasteiger partial charge in [0.15, 0.2) is 9.84 Å². The number of hydrogen-bond acceptors (Lipinski definition) is 4. The summed E-state index contributed by atoms with van der Waals surface area (Å²) in [5.74, 6) is 1.39. The molecule has 4 nitrogen and oxygen atoms in total. The van der Waals surface area contributed by atoms with Crippen molar-refractivity contribution in [2.45, 2.75) is 58.2 Å². The molecule has 19 heavy (non-hydrogen) atoms. The molecule has 1 unspecified atom stereocenters. The van der Waals surface area contributed by atoms with E-state index >= 15 is 0 Å². The van der Waals surface area contributed by atoms with Crippen LogP contribution in [-0.4, -0.2) is 19.7 Å². The summed E-state index contributed by atoms with van der Waals surface area (Å²) in [4.78, 5) is 0. The van der Waals surface area contributed by atoms with E-state index in [-0.39, 0.29) is 16.9 Å². The van der Waals surface area contributed by atoms with Crippen molar-refractivity contribution in [2.24, 2.45) is 5.92 Å². The van der Waals surface area contributed by atoms with Crippen LogP contribution in [0, 0.1) is 5.92 Å². The van der Waals surface area contributed by atoms with Gasteiger partial charge in [0.2, 0.25) is 0 Å². The first-order valence-corrected chi connectivity index (χ1v) is 8.46. The number of nitrogens with one attached hydrogen (secondary N) is 1. The minimum atomic E-state index is -3.14. The standard InChI is InChI=1S/C14H25NO3S/c1-10(2)12(5)19(16,17)9-14-7-6-13(18-14)8-15-11(3)4/h6-7,10-12,15H,8-9H2,1-5H3. The molecule has 1 aromatic rings. The van der Waals surface area contributed by atoms with Gasteiger partial charge >= 0.3 is 0 Å². The molecular weight excluding hydrogens is 262 g/mol. The highest BCUT2D eigenvalue weighted by Gasteiger charge is 2.25. The Labute approximate surface area is 116 Å². The van der Waals surface area contributed by atoms with E-state index in [1.54, 1.807) is 13.0 Å². The van der Waals surface area contributed by atoms with Gasteiger partial charge in [0.1, 0.15) is 17.3 Å². The Kier molecular flexibility index (Phi) is 5.62. The van der Waals surface area contributed by atoms with Crippen LogP contribution in [-0.2, 0) is 22.1 Å². The van der Waals surface area contributed by atoms with Gasteiger partial charge in [-0.15, -0.1) is 0 Å². The van der Waals surface area contributed by atoms with E-state index in [0.29, 0.717) is 18.3 Å². The molecule has 0 saturated heterocycles. The molecule has 0 aliphatic rings. The molecule has 0 aliphatic heterocycles. The van der Waals surface area contributed by atoms with Crippen molar-refractivity contribution in [2.75, 3.05) is 0 Å². The van der Waals surface area contributed by atoms with Gasteiger partial charge in [0.25, 0.3) is 0 Å². The first-order valence-electron chi connectivity index (χ1n) is 6.75. The predicted molar refractivity (Wildman–Crippen MR) is 77.6 cm³/mol. The van der Waals surface area contributed by atoms with Crippen LogP contribution >= 0.6 is 0 Å². The van der Waals surface area contributed by atoms with Crippen LogP contribution in [0.3, 0.4) is 0 Å². The number of sulfone groups is 1. The summed E-state index contributed by atoms with van der Waals surface area (Å²) in [6.45, 7) is 10.3. The van der Waals surface area contributed by atoms with Gasteiger partial charge in [-0.25, -0.2) is 8.42 Å². The van der Waals surface area contributed by atoms with Gasteiger partial charge in [-0.3, -0.25) is 0 Å². The van der Waals surface area contributed by atoms with E-state index in [1.807, 2.05) is 19.9 Å². The lowest BCUT2D eigenvalue weighted by Gasteiger charge is -2.15. The topological polar surface area (TPSA) is 59.3 Å². The minimum Gasteiger partial charge on any atom is -0.464 e. The van der Waals surface area contributed by atoms with E-state index in [2.05, 4.69) is 19.2 Å². The summed E-state index contributed by atoms with van der Waals surface area (Å²) in [7, 11) is -3.14. The molecular formula is C14H25NO3S. The monoisotopic (exact) mass is 287 g/mol. The maximum Gasteiger partial charge on any atom is 0.160 e. The molecule has 0 spiro atoms. The Morgan fingerprint density at radius 2 is 1.68 bits per heavy atom. The van der Waals surface area contributed by atoms with Crippen LogP contribution in [0.2, 0.25) is 0 Å². The summed E-state index contributed by atoms with van der Waals surface area (Å²) in [6.07, 6.45) is 0. The second-order valence-corrected chi connectivity index (χ2v) is 8.02. The van der Waals surface area contributed by atoms with Crippen molar-refractivity contribution < 1.29 is 12.8 Å². The Balaban J connectivity index is 2.68. The van der Waals surface area contributed by atoms with Gasteiger partial charge in [0, 0.05) is 6.04 Å². The summed E-state index contributed by atoms with van der Waals surface area (Å²) in [5, 5.41) is 2.88. The van der Waals surface area contributed by atoms with Crippen molar-refractivity contribution >= 4 is 9.84 Å². The van der Waals surface area contributed by atoms with Crippen molar-refractivity contribution in [3.05, 3.63) is 23.7 Å². The molecule has 0 amide bonds. The summed E-state index contributed by atoms with van der Waals surface area (Å²) < 4.78 is 29.8. The second kappa shape index (κ2) is 6.57. The molecule has 1 N–H and O–H groups in total. The maximum absolute atomic E-state index is 12.1. The number of furan rings is 1. The first kappa shape index (κ1) is 16.2. The fourth-order valence-electron chi connectivity index (χ4n) is 1.64. The lowest BCUT2D eigenvalue weighted by atomic mass is 10.2. The molecule has 1 rings (SSSR count). The smallest absolute Gasteiger partial charge is 0.160 e. The lowest BCUT2D eigenvalue weighted by Crippen LogP contribution is -2.24. The van der Waals surface area contributed by atoms with Gasteiger partial charge in [-0.1, -0.05) is 27.7 Å². The van der Waals surface area contributed by atoms with Gasteiger partial charge < -0.3 is 9.73 Å². The largest absolute Gasteiger partial charge is 0.464 e. The molecule has 0 aliphatic carbocycles. The van der Waals surface area contributed by atoms with Crippen molar-refractivity contribution in [3.63, 3.8) is 0 Å². The third kappa shape index (κ3) is 4.99. The Morgan fingerprint density at radius 1 is 1.11 bits per heavy atom. The van der Waals surface area contributed by atoms with Gasteiger partial charge in [-0.05, 0) is 25.0 Å². The molecule has 0 radical (unpaired) electrons. The molecule has 1 heterocycles. The van der Waals surface area contributed by atoms with Crippen LogP contribution in [0.25, 0.3) is 0 Å². The lowest BCUT2D eigenvalue weighted by molar-refractivity contribution is 0.441. The Bertz CT molecular complexity index is 489. The normalized spacial score (nSPS) is 14.3. The average molecular weight is 287 g/mol. The number of rotatable bonds is 7. The zero-order chi connectivity index (χ0) is 14.6. The van der Waals surface area contributed by atoms with Crippen LogP contribution in [0.15, 0.2) is 16.5 Å². The zero-order valence-electron chi connectivity index (χ0n) is 12.4. The second-order valence-electron chi connectivity index (χ2n) is 5.66. The molecule has 1 atom stereocenters. The molecule has 1 aromatic heterocycles. The van der Waals surface area contributed by atoms with E-state index in [1.165, 1.54) is 0 Å². The van der Waals surface area contributed by atoms with Crippen molar-refractivity contribution in [3.8, 4) is 0 Å². The first-order chi connectivity index (χ1) is 8.72. The third-order valence-electron chi connectivity index (χ3n) is 3.25. The fraction of sp³-hybridized carbons (Fsp3) is 0.714. The zero-order valence-corrected chi connectivity index (χ0v) is 13.3. The van der Waals surface area contributed by atoms with E-state index in [0.717, 1.165) is 5.76 Å². The molecule has 0 fully saturated rings. The van der Waals surface area contributed by atoms with E-state index in [4.69, 9.17) is 4.42 Å². The van der Waals surface area contributed by atoms with Crippen LogP contribution in [0.1, 0.15) is 46.1 Å². The van der Waals surface area contributed by atoms with Gasteiger partial charge in [-0.2, -0.15) is 0 Å². The SMILES string of the molecule is CC(C)NCc1ccc(CS(=O)(=O)C(C)C(C)C)o1. The quantitative estimate of drug-likeness (QED) is 0.837. The highest BCUT2D eigenvalue weighted by Crippen LogP contribution is 2.18. The van der Waals surface area contributed by atoms with E-state index < -0.39 is 9.84 Å². The van der Waals surface area contributed by atoms with Crippen LogP contribution < -0.4 is 5.32 Å². The highest BCUT2D eigenvalue weighted by molar-refractivity contribution is 7.91. The summed E-state index contributed by atoms with van der Waals surface area (Å²) in [6, 6.07) is 3.96. The highest BCUT2D eigenvalue weighted by atomic mass is 32.2. The molecule has 0 aromatic carbocycles. The fourth-order valence-corrected chi connectivity index (χ4v) is 3.29. The maximum atomic E-state index is 12.1. The molecule has 5 heteroatoms. The Hall–Kier alpha value is -0.810. The van der Waals surface area contributed by atoms with E-state index in [9.17, 15) is 8.42 Å². The summed E-state index contributed by atoms with van der Waals surface area (Å²) >= 11 is 0. The minimum absolute atomic E-state index is 0.0198. The van der Waals surface area contributed by atoms with Gasteiger partial charge in [0.05, 0.1) is 11.8 Å². The van der Waals surface area contributed by atoms with Crippen molar-refractivity contribution in [1.29, 1.82) is 0 Å².